The van der Waals surface area contributed by atoms with Crippen LogP contribution in [0.4, 0.5) is 4.79 Å². The summed E-state index contributed by atoms with van der Waals surface area (Å²) in [6.45, 7) is 12.2. The largest absolute Gasteiger partial charge is 0.433 e. The maximum absolute atomic E-state index is 11.8. The van der Waals surface area contributed by atoms with Crippen LogP contribution in [0, 0.1) is 5.41 Å². The van der Waals surface area contributed by atoms with E-state index in [2.05, 4.69) is 31.2 Å². The van der Waals surface area contributed by atoms with E-state index in [1.54, 1.807) is 0 Å². The van der Waals surface area contributed by atoms with Gasteiger partial charge in [-0.15, -0.1) is 0 Å². The van der Waals surface area contributed by atoms with Crippen LogP contribution in [0.1, 0.15) is 53.5 Å². The van der Waals surface area contributed by atoms with Crippen LogP contribution in [0.15, 0.2) is 35.5 Å². The van der Waals surface area contributed by atoms with Crippen LogP contribution in [0.5, 0.6) is 0 Å². The van der Waals surface area contributed by atoms with E-state index >= 15 is 0 Å². The zero-order valence-corrected chi connectivity index (χ0v) is 13.9. The highest BCUT2D eigenvalue weighted by molar-refractivity contribution is 5.98. The molecular weight excluding hydrogens is 264 g/mol. The summed E-state index contributed by atoms with van der Waals surface area (Å²) in [5.41, 5.74) is 1.38. The summed E-state index contributed by atoms with van der Waals surface area (Å²) in [4.78, 5) is 16.8. The Morgan fingerprint density at radius 3 is 2.24 bits per heavy atom. The van der Waals surface area contributed by atoms with Gasteiger partial charge in [-0.3, -0.25) is 4.84 Å². The third kappa shape index (κ3) is 6.93. The minimum Gasteiger partial charge on any atom is -0.315 e. The number of hydrogen-bond donors (Lipinski definition) is 1. The number of benzene rings is 1. The fourth-order valence-corrected chi connectivity index (χ4v) is 2.51. The average molecular weight is 290 g/mol. The van der Waals surface area contributed by atoms with E-state index < -0.39 is 6.09 Å². The van der Waals surface area contributed by atoms with Gasteiger partial charge in [-0.25, -0.2) is 4.79 Å². The van der Waals surface area contributed by atoms with Crippen LogP contribution in [0.2, 0.25) is 0 Å². The van der Waals surface area contributed by atoms with E-state index in [0.717, 1.165) is 12.0 Å². The first-order chi connectivity index (χ1) is 9.59. The molecule has 0 radical (unpaired) electrons. The van der Waals surface area contributed by atoms with Gasteiger partial charge in [0, 0.05) is 5.54 Å². The van der Waals surface area contributed by atoms with E-state index in [9.17, 15) is 4.79 Å². The lowest BCUT2D eigenvalue weighted by Crippen LogP contribution is -2.45. The Bertz CT molecular complexity index is 499. The fraction of sp³-hybridized carbons (Fsp3) is 0.529. The number of carbonyl (C=O) groups is 1. The summed E-state index contributed by atoms with van der Waals surface area (Å²) in [7, 11) is 0. The molecule has 0 aliphatic heterocycles. The van der Waals surface area contributed by atoms with Gasteiger partial charge < -0.3 is 5.32 Å². The van der Waals surface area contributed by atoms with Crippen LogP contribution in [0.25, 0.3) is 0 Å². The lowest BCUT2D eigenvalue weighted by molar-refractivity contribution is 0.132. The normalized spacial score (nSPS) is 13.0. The molecule has 0 bridgehead atoms. The molecule has 1 rings (SSSR count). The van der Waals surface area contributed by atoms with Gasteiger partial charge in [0.1, 0.15) is 0 Å². The quantitative estimate of drug-likeness (QED) is 0.509. The van der Waals surface area contributed by atoms with Crippen molar-refractivity contribution in [1.82, 2.24) is 5.32 Å². The molecule has 4 heteroatoms. The highest BCUT2D eigenvalue weighted by atomic mass is 16.7. The molecule has 0 saturated heterocycles. The highest BCUT2D eigenvalue weighted by Crippen LogP contribution is 2.26. The minimum atomic E-state index is -0.528. The molecule has 0 aromatic heterocycles. The smallest absolute Gasteiger partial charge is 0.315 e. The maximum atomic E-state index is 11.8. The second-order valence-corrected chi connectivity index (χ2v) is 7.17. The highest BCUT2D eigenvalue weighted by Gasteiger charge is 2.27. The van der Waals surface area contributed by atoms with Crippen molar-refractivity contribution >= 4 is 11.8 Å². The van der Waals surface area contributed by atoms with Gasteiger partial charge in [0.15, 0.2) is 0 Å². The van der Waals surface area contributed by atoms with Gasteiger partial charge in [-0.2, -0.15) is 0 Å². The lowest BCUT2D eigenvalue weighted by atomic mass is 9.82. The van der Waals surface area contributed by atoms with Gasteiger partial charge in [-0.1, -0.05) is 56.3 Å². The number of nitrogens with one attached hydrogen (secondary N) is 1. The molecule has 0 atom stereocenters. The number of oxime groups is 1. The third-order valence-corrected chi connectivity index (χ3v) is 2.87. The summed E-state index contributed by atoms with van der Waals surface area (Å²) in [5.74, 6) is 0. The molecule has 1 N–H and O–H groups in total. The Morgan fingerprint density at radius 1 is 1.14 bits per heavy atom. The first-order valence-electron chi connectivity index (χ1n) is 7.18. The monoisotopic (exact) mass is 290 g/mol. The van der Waals surface area contributed by atoms with Crippen molar-refractivity contribution in [3.05, 3.63) is 35.9 Å². The van der Waals surface area contributed by atoms with Crippen LogP contribution in [-0.4, -0.2) is 17.3 Å². The molecule has 0 unspecified atom stereocenters. The number of rotatable bonds is 4. The zero-order valence-electron chi connectivity index (χ0n) is 13.9. The summed E-state index contributed by atoms with van der Waals surface area (Å²) >= 11 is 0. The van der Waals surface area contributed by atoms with Gasteiger partial charge in [0.25, 0.3) is 0 Å². The van der Waals surface area contributed by atoms with Crippen molar-refractivity contribution in [1.29, 1.82) is 0 Å². The van der Waals surface area contributed by atoms with Gasteiger partial charge >= 0.3 is 6.09 Å². The Balaban J connectivity index is 2.58. The number of nitrogens with zero attached hydrogens (tertiary/aromatic N) is 1. The first-order valence-corrected chi connectivity index (χ1v) is 7.18. The molecular formula is C17H26N2O2. The van der Waals surface area contributed by atoms with E-state index in [4.69, 9.17) is 4.84 Å². The predicted octanol–water partition coefficient (Wildman–Crippen LogP) is 4.35. The minimum absolute atomic E-state index is 0.125. The third-order valence-electron chi connectivity index (χ3n) is 2.87. The Kier molecular flexibility index (Phi) is 5.53. The van der Waals surface area contributed by atoms with E-state index in [1.165, 1.54) is 0 Å². The van der Waals surface area contributed by atoms with Gasteiger partial charge in [0.2, 0.25) is 0 Å². The van der Waals surface area contributed by atoms with E-state index in [-0.39, 0.29) is 11.0 Å². The summed E-state index contributed by atoms with van der Waals surface area (Å²) < 4.78 is 0. The molecule has 0 fully saturated rings. The van der Waals surface area contributed by atoms with Crippen LogP contribution >= 0.6 is 0 Å². The molecule has 1 aromatic rings. The number of hydrogen-bond acceptors (Lipinski definition) is 3. The molecule has 21 heavy (non-hydrogen) atoms. The van der Waals surface area contributed by atoms with Crippen molar-refractivity contribution in [2.45, 2.75) is 53.5 Å². The molecule has 1 aromatic carbocycles. The van der Waals surface area contributed by atoms with Gasteiger partial charge in [0.05, 0.1) is 5.71 Å². The Hall–Kier alpha value is -1.84. The zero-order chi connectivity index (χ0) is 16.1. The summed E-state index contributed by atoms with van der Waals surface area (Å²) in [5, 5.41) is 6.73. The van der Waals surface area contributed by atoms with Crippen molar-refractivity contribution in [2.75, 3.05) is 0 Å². The Morgan fingerprint density at radius 2 is 1.71 bits per heavy atom. The van der Waals surface area contributed by atoms with Crippen molar-refractivity contribution < 1.29 is 9.63 Å². The van der Waals surface area contributed by atoms with Crippen molar-refractivity contribution in [2.24, 2.45) is 10.6 Å². The topological polar surface area (TPSA) is 50.7 Å². The second-order valence-electron chi connectivity index (χ2n) is 7.17. The molecule has 4 nitrogen and oxygen atoms in total. The van der Waals surface area contributed by atoms with Crippen molar-refractivity contribution in [3.8, 4) is 0 Å². The van der Waals surface area contributed by atoms with Crippen molar-refractivity contribution in [3.63, 3.8) is 0 Å². The summed E-state index contributed by atoms with van der Waals surface area (Å²) in [6, 6.07) is 9.61. The molecule has 0 spiro atoms. The number of carbonyl (C=O) groups excluding carboxylic acids is 1. The van der Waals surface area contributed by atoms with Gasteiger partial charge in [-0.05, 0) is 38.2 Å². The maximum Gasteiger partial charge on any atom is 0.433 e. The standard InChI is InChI=1S/C17H26N2O2/c1-13(14-10-8-7-9-11-14)19-21-15(20)18-17(5,6)12-16(2,3)4/h7-11H,12H2,1-6H3,(H,18,20)/b19-13+. The molecule has 1 amide bonds. The first kappa shape index (κ1) is 17.2. The second kappa shape index (κ2) is 6.74. The molecule has 0 heterocycles. The lowest BCUT2D eigenvalue weighted by Gasteiger charge is -2.32. The molecule has 0 saturated carbocycles. The van der Waals surface area contributed by atoms with E-state index in [0.29, 0.717) is 5.71 Å². The van der Waals surface area contributed by atoms with Crippen LogP contribution in [0.3, 0.4) is 0 Å². The van der Waals surface area contributed by atoms with E-state index in [1.807, 2.05) is 51.1 Å². The molecule has 116 valence electrons. The number of amides is 1. The average Bonchev–Trinajstić information content (AvgIpc) is 2.33. The Labute approximate surface area is 127 Å². The predicted molar refractivity (Wildman–Crippen MR) is 86.4 cm³/mol. The summed E-state index contributed by atoms with van der Waals surface area (Å²) in [6.07, 6.45) is 0.316. The fourth-order valence-electron chi connectivity index (χ4n) is 2.51. The molecule has 0 aliphatic carbocycles. The van der Waals surface area contributed by atoms with Crippen LogP contribution in [-0.2, 0) is 4.84 Å². The molecule has 0 aliphatic rings. The van der Waals surface area contributed by atoms with Crippen LogP contribution < -0.4 is 5.32 Å². The SMILES string of the molecule is C/C(=N\OC(=O)NC(C)(C)CC(C)(C)C)c1ccccc1.